The smallest absolute Gasteiger partial charge is 0.331 e. The third-order valence-electron chi connectivity index (χ3n) is 3.77. The number of benzene rings is 1. The normalized spacial score (nSPS) is 15.2. The van der Waals surface area contributed by atoms with Crippen LogP contribution in [0.2, 0.25) is 0 Å². The van der Waals surface area contributed by atoms with Crippen LogP contribution in [0.3, 0.4) is 0 Å². The summed E-state index contributed by atoms with van der Waals surface area (Å²) in [5, 5.41) is 2.02. The van der Waals surface area contributed by atoms with Crippen molar-refractivity contribution in [1.29, 1.82) is 0 Å². The number of hydrogen-bond acceptors (Lipinski definition) is 6. The van der Waals surface area contributed by atoms with Crippen molar-refractivity contribution in [2.45, 2.75) is 18.2 Å². The van der Waals surface area contributed by atoms with Crippen molar-refractivity contribution in [2.24, 2.45) is 0 Å². The second kappa shape index (κ2) is 7.62. The molecule has 1 fully saturated rings. The number of nitrogens with one attached hydrogen (secondary N) is 1. The maximum absolute atomic E-state index is 12.0. The highest BCUT2D eigenvalue weighted by atomic mass is 32.2. The summed E-state index contributed by atoms with van der Waals surface area (Å²) in [6.45, 7) is 2.23. The molecular formula is C15H17N3O7S. The monoisotopic (exact) mass is 383 g/mol. The quantitative estimate of drug-likeness (QED) is 0.522. The molecule has 0 aromatic heterocycles. The zero-order valence-corrected chi connectivity index (χ0v) is 14.7. The van der Waals surface area contributed by atoms with Crippen molar-refractivity contribution in [3.05, 3.63) is 29.8 Å². The van der Waals surface area contributed by atoms with Crippen LogP contribution in [0.5, 0.6) is 0 Å². The summed E-state index contributed by atoms with van der Waals surface area (Å²) in [7, 11) is -4.33. The first kappa shape index (κ1) is 19.5. The van der Waals surface area contributed by atoms with Gasteiger partial charge in [0.2, 0.25) is 5.91 Å². The van der Waals surface area contributed by atoms with Crippen LogP contribution in [0.25, 0.3) is 0 Å². The zero-order chi connectivity index (χ0) is 19.5. The molecular weight excluding hydrogens is 366 g/mol. The first-order valence-electron chi connectivity index (χ1n) is 7.64. The molecule has 1 aromatic rings. The Bertz CT molecular complexity index is 848. The molecule has 26 heavy (non-hydrogen) atoms. The summed E-state index contributed by atoms with van der Waals surface area (Å²) in [5.74, 6) is -2.53. The average Bonchev–Trinajstić information content (AvgIpc) is 2.56. The molecule has 5 amide bonds. The molecule has 0 unspecified atom stereocenters. The number of carbonyl (C=O) groups excluding carboxylic acids is 4. The van der Waals surface area contributed by atoms with E-state index in [1.54, 1.807) is 6.92 Å². The Balaban J connectivity index is 1.96. The van der Waals surface area contributed by atoms with Gasteiger partial charge in [-0.2, -0.15) is 8.42 Å². The Labute approximate surface area is 149 Å². The molecule has 1 saturated heterocycles. The Morgan fingerprint density at radius 3 is 2.27 bits per heavy atom. The Hall–Kier alpha value is -2.79. The molecule has 0 radical (unpaired) electrons. The van der Waals surface area contributed by atoms with E-state index in [1.165, 1.54) is 17.0 Å². The second-order valence-electron chi connectivity index (χ2n) is 5.49. The minimum atomic E-state index is -4.33. The van der Waals surface area contributed by atoms with Gasteiger partial charge < -0.3 is 4.90 Å². The summed E-state index contributed by atoms with van der Waals surface area (Å²) in [4.78, 5) is 49.2. The van der Waals surface area contributed by atoms with E-state index < -0.39 is 33.9 Å². The zero-order valence-electron chi connectivity index (χ0n) is 13.8. The van der Waals surface area contributed by atoms with Gasteiger partial charge in [-0.05, 0) is 24.6 Å². The third kappa shape index (κ3) is 4.43. The lowest BCUT2D eigenvalue weighted by atomic mass is 10.1. The molecule has 11 heteroatoms. The number of rotatable bonds is 4. The van der Waals surface area contributed by atoms with Crippen molar-refractivity contribution < 1.29 is 32.1 Å². The fraction of sp³-hybridized carbons (Fsp3) is 0.333. The van der Waals surface area contributed by atoms with Gasteiger partial charge in [0.1, 0.15) is 0 Å². The maximum atomic E-state index is 12.0. The SMILES string of the molecule is CCN1CCN(C(=O)NC(=O)Cc2ccc(S(=O)(=O)O)cc2)C(=O)C1=O. The maximum Gasteiger partial charge on any atom is 0.331 e. The van der Waals surface area contributed by atoms with Gasteiger partial charge in [0.05, 0.1) is 11.3 Å². The molecule has 0 spiro atoms. The number of nitrogens with zero attached hydrogens (tertiary/aromatic N) is 2. The van der Waals surface area contributed by atoms with E-state index in [-0.39, 0.29) is 24.4 Å². The highest BCUT2D eigenvalue weighted by molar-refractivity contribution is 7.85. The van der Waals surface area contributed by atoms with Crippen molar-refractivity contribution >= 4 is 33.9 Å². The summed E-state index contributed by atoms with van der Waals surface area (Å²) in [5.41, 5.74) is 0.390. The van der Waals surface area contributed by atoms with Crippen LogP contribution in [0.1, 0.15) is 12.5 Å². The van der Waals surface area contributed by atoms with Gasteiger partial charge in [0, 0.05) is 19.6 Å². The minimum Gasteiger partial charge on any atom is -0.333 e. The fourth-order valence-electron chi connectivity index (χ4n) is 2.37. The van der Waals surface area contributed by atoms with E-state index in [0.29, 0.717) is 17.0 Å². The number of imide groups is 2. The molecule has 10 nitrogen and oxygen atoms in total. The minimum absolute atomic E-state index is 0.0133. The molecule has 0 aliphatic carbocycles. The summed E-state index contributed by atoms with van der Waals surface area (Å²) in [6.07, 6.45) is -0.255. The summed E-state index contributed by atoms with van der Waals surface area (Å²) >= 11 is 0. The van der Waals surface area contributed by atoms with Crippen molar-refractivity contribution in [3.63, 3.8) is 0 Å². The van der Waals surface area contributed by atoms with E-state index in [2.05, 4.69) is 0 Å². The molecule has 0 bridgehead atoms. The van der Waals surface area contributed by atoms with Gasteiger partial charge in [-0.3, -0.25) is 29.2 Å². The van der Waals surface area contributed by atoms with E-state index >= 15 is 0 Å². The lowest BCUT2D eigenvalue weighted by Gasteiger charge is -2.31. The van der Waals surface area contributed by atoms with Crippen LogP contribution in [0.15, 0.2) is 29.2 Å². The first-order valence-corrected chi connectivity index (χ1v) is 9.08. The standard InChI is InChI=1S/C15H17N3O7S/c1-2-17-7-8-18(14(21)13(17)20)15(22)16-12(19)9-10-3-5-11(6-4-10)26(23,24)25/h3-6H,2,7-9H2,1H3,(H,16,19,22)(H,23,24,25). The molecule has 2 N–H and O–H groups in total. The van der Waals surface area contributed by atoms with Gasteiger partial charge in [-0.15, -0.1) is 0 Å². The molecule has 1 heterocycles. The van der Waals surface area contributed by atoms with E-state index in [4.69, 9.17) is 4.55 Å². The topological polar surface area (TPSA) is 141 Å². The number of amides is 5. The number of piperazine rings is 1. The van der Waals surface area contributed by atoms with Crippen LogP contribution >= 0.6 is 0 Å². The van der Waals surface area contributed by atoms with Gasteiger partial charge >= 0.3 is 17.8 Å². The predicted molar refractivity (Wildman–Crippen MR) is 87.5 cm³/mol. The molecule has 1 aromatic carbocycles. The number of carbonyl (C=O) groups is 4. The molecule has 0 atom stereocenters. The molecule has 2 rings (SSSR count). The van der Waals surface area contributed by atoms with Crippen LogP contribution in [-0.4, -0.2) is 66.2 Å². The van der Waals surface area contributed by atoms with Crippen LogP contribution in [0, 0.1) is 0 Å². The fourth-order valence-corrected chi connectivity index (χ4v) is 2.85. The van der Waals surface area contributed by atoms with E-state index in [0.717, 1.165) is 12.1 Å². The van der Waals surface area contributed by atoms with Gasteiger partial charge in [-0.25, -0.2) is 4.79 Å². The van der Waals surface area contributed by atoms with E-state index in [1.807, 2.05) is 5.32 Å². The molecule has 140 valence electrons. The highest BCUT2D eigenvalue weighted by Crippen LogP contribution is 2.11. The molecule has 1 aliphatic rings. The van der Waals surface area contributed by atoms with Crippen molar-refractivity contribution in [2.75, 3.05) is 19.6 Å². The number of hydrogen-bond donors (Lipinski definition) is 2. The lowest BCUT2D eigenvalue weighted by Crippen LogP contribution is -2.58. The van der Waals surface area contributed by atoms with Gasteiger partial charge in [0.15, 0.2) is 0 Å². The van der Waals surface area contributed by atoms with Crippen LogP contribution in [-0.2, 0) is 30.9 Å². The highest BCUT2D eigenvalue weighted by Gasteiger charge is 2.35. The Morgan fingerprint density at radius 2 is 1.73 bits per heavy atom. The summed E-state index contributed by atoms with van der Waals surface area (Å²) in [6, 6.07) is 3.86. The molecule has 0 saturated carbocycles. The Kier molecular flexibility index (Phi) is 5.73. The van der Waals surface area contributed by atoms with Gasteiger partial charge in [-0.1, -0.05) is 12.1 Å². The average molecular weight is 383 g/mol. The first-order chi connectivity index (χ1) is 12.1. The third-order valence-corrected chi connectivity index (χ3v) is 4.64. The van der Waals surface area contributed by atoms with Gasteiger partial charge in [0.25, 0.3) is 10.1 Å². The second-order valence-corrected chi connectivity index (χ2v) is 6.91. The van der Waals surface area contributed by atoms with Crippen molar-refractivity contribution in [3.8, 4) is 0 Å². The van der Waals surface area contributed by atoms with E-state index in [9.17, 15) is 27.6 Å². The number of likely N-dealkylation sites (N-methyl/N-ethyl adjacent to an activating group) is 1. The Morgan fingerprint density at radius 1 is 1.12 bits per heavy atom. The van der Waals surface area contributed by atoms with Crippen LogP contribution < -0.4 is 5.32 Å². The summed E-state index contributed by atoms with van der Waals surface area (Å²) < 4.78 is 30.8. The number of urea groups is 1. The van der Waals surface area contributed by atoms with Crippen molar-refractivity contribution in [1.82, 2.24) is 15.1 Å². The largest absolute Gasteiger partial charge is 0.333 e. The lowest BCUT2D eigenvalue weighted by molar-refractivity contribution is -0.153. The predicted octanol–water partition coefficient (Wildman–Crippen LogP) is -0.597. The van der Waals surface area contributed by atoms with Crippen LogP contribution in [0.4, 0.5) is 4.79 Å². The molecule has 1 aliphatic heterocycles.